The van der Waals surface area contributed by atoms with Crippen molar-refractivity contribution in [2.75, 3.05) is 5.73 Å². The number of benzene rings is 1. The van der Waals surface area contributed by atoms with Crippen LogP contribution in [0.15, 0.2) is 30.5 Å². The third-order valence-corrected chi connectivity index (χ3v) is 2.23. The van der Waals surface area contributed by atoms with E-state index < -0.39 is 0 Å². The van der Waals surface area contributed by atoms with Crippen molar-refractivity contribution >= 4 is 17.4 Å². The first kappa shape index (κ1) is 10.7. The number of hydrogen-bond acceptors (Lipinski definition) is 4. The summed E-state index contributed by atoms with van der Waals surface area (Å²) in [5, 5.41) is 0.665. The van der Waals surface area contributed by atoms with Crippen molar-refractivity contribution in [2.24, 2.45) is 0 Å². The maximum absolute atomic E-state index is 5.84. The molecule has 2 rings (SSSR count). The highest BCUT2D eigenvalue weighted by atomic mass is 35.5. The van der Waals surface area contributed by atoms with Gasteiger partial charge in [-0.3, -0.25) is 0 Å². The number of rotatable bonds is 2. The predicted octanol–water partition coefficient (Wildman–Crippen LogP) is 2.81. The van der Waals surface area contributed by atoms with E-state index in [2.05, 4.69) is 9.97 Å². The van der Waals surface area contributed by atoms with Crippen LogP contribution >= 0.6 is 11.6 Å². The second-order valence-electron chi connectivity index (χ2n) is 3.28. The van der Waals surface area contributed by atoms with E-state index in [1.54, 1.807) is 24.4 Å². The summed E-state index contributed by atoms with van der Waals surface area (Å²) in [6.45, 7) is 1.90. The Kier molecular flexibility index (Phi) is 2.92. The molecule has 16 heavy (non-hydrogen) atoms. The van der Waals surface area contributed by atoms with Crippen LogP contribution in [0.5, 0.6) is 11.8 Å². The first-order valence-corrected chi connectivity index (χ1v) is 5.05. The standard InChI is InChI=1S/C11H10ClN3O/c1-7-6-8(12)2-3-9(7)16-11-14-5-4-10(13)15-11/h2-6H,1H3,(H2,13,14,15). The van der Waals surface area contributed by atoms with Gasteiger partial charge in [0.15, 0.2) is 0 Å². The van der Waals surface area contributed by atoms with Crippen molar-refractivity contribution < 1.29 is 4.74 Å². The Balaban J connectivity index is 2.27. The molecule has 0 fully saturated rings. The lowest BCUT2D eigenvalue weighted by Gasteiger charge is -2.06. The second kappa shape index (κ2) is 4.37. The topological polar surface area (TPSA) is 61.0 Å². The van der Waals surface area contributed by atoms with E-state index in [-0.39, 0.29) is 6.01 Å². The van der Waals surface area contributed by atoms with Gasteiger partial charge in [-0.15, -0.1) is 0 Å². The summed E-state index contributed by atoms with van der Waals surface area (Å²) in [4.78, 5) is 7.90. The van der Waals surface area contributed by atoms with Crippen molar-refractivity contribution in [1.82, 2.24) is 9.97 Å². The molecule has 0 aliphatic carbocycles. The van der Waals surface area contributed by atoms with Gasteiger partial charge in [-0.2, -0.15) is 4.98 Å². The van der Waals surface area contributed by atoms with Crippen LogP contribution in [0.4, 0.5) is 5.82 Å². The molecule has 0 unspecified atom stereocenters. The molecule has 0 aliphatic heterocycles. The Morgan fingerprint density at radius 3 is 2.81 bits per heavy atom. The minimum atomic E-state index is 0.227. The van der Waals surface area contributed by atoms with Crippen molar-refractivity contribution in [3.63, 3.8) is 0 Å². The predicted molar refractivity (Wildman–Crippen MR) is 62.7 cm³/mol. The minimum absolute atomic E-state index is 0.227. The zero-order valence-corrected chi connectivity index (χ0v) is 9.40. The molecule has 0 saturated carbocycles. The number of halogens is 1. The van der Waals surface area contributed by atoms with E-state index in [0.717, 1.165) is 5.56 Å². The van der Waals surface area contributed by atoms with Crippen molar-refractivity contribution in [2.45, 2.75) is 6.92 Å². The lowest BCUT2D eigenvalue weighted by Crippen LogP contribution is -1.96. The van der Waals surface area contributed by atoms with Crippen LogP contribution in [0, 0.1) is 6.92 Å². The Hall–Kier alpha value is -1.81. The van der Waals surface area contributed by atoms with Crippen LogP contribution in [-0.2, 0) is 0 Å². The lowest BCUT2D eigenvalue weighted by atomic mass is 10.2. The molecule has 5 heteroatoms. The van der Waals surface area contributed by atoms with Gasteiger partial charge in [0.1, 0.15) is 11.6 Å². The molecule has 0 amide bonds. The molecule has 0 atom stereocenters. The molecule has 1 aromatic carbocycles. The summed E-state index contributed by atoms with van der Waals surface area (Å²) in [5.74, 6) is 1.03. The molecule has 0 bridgehead atoms. The zero-order valence-electron chi connectivity index (χ0n) is 8.64. The maximum Gasteiger partial charge on any atom is 0.323 e. The molecule has 0 saturated heterocycles. The Morgan fingerprint density at radius 1 is 1.31 bits per heavy atom. The summed E-state index contributed by atoms with van der Waals surface area (Å²) in [5.41, 5.74) is 6.44. The van der Waals surface area contributed by atoms with Crippen LogP contribution in [-0.4, -0.2) is 9.97 Å². The van der Waals surface area contributed by atoms with Crippen LogP contribution < -0.4 is 10.5 Å². The maximum atomic E-state index is 5.84. The molecule has 0 radical (unpaired) electrons. The molecular weight excluding hydrogens is 226 g/mol. The SMILES string of the molecule is Cc1cc(Cl)ccc1Oc1nccc(N)n1. The number of hydrogen-bond donors (Lipinski definition) is 1. The average molecular weight is 236 g/mol. The minimum Gasteiger partial charge on any atom is -0.424 e. The van der Waals surface area contributed by atoms with Crippen LogP contribution in [0.3, 0.4) is 0 Å². The number of nitrogens with two attached hydrogens (primary N) is 1. The van der Waals surface area contributed by atoms with E-state index in [9.17, 15) is 0 Å². The molecule has 1 aromatic heterocycles. The summed E-state index contributed by atoms with van der Waals surface area (Å²) in [6.07, 6.45) is 1.54. The number of nitrogen functional groups attached to an aromatic ring is 1. The van der Waals surface area contributed by atoms with Gasteiger partial charge in [-0.05, 0) is 36.8 Å². The Labute approximate surface area is 98.0 Å². The van der Waals surface area contributed by atoms with E-state index in [1.807, 2.05) is 13.0 Å². The fourth-order valence-electron chi connectivity index (χ4n) is 1.23. The smallest absolute Gasteiger partial charge is 0.323 e. The van der Waals surface area contributed by atoms with Crippen molar-refractivity contribution in [1.29, 1.82) is 0 Å². The normalized spacial score (nSPS) is 10.1. The highest BCUT2D eigenvalue weighted by molar-refractivity contribution is 6.30. The summed E-state index contributed by atoms with van der Waals surface area (Å²) in [6, 6.07) is 7.15. The van der Waals surface area contributed by atoms with Gasteiger partial charge in [0, 0.05) is 11.2 Å². The second-order valence-corrected chi connectivity index (χ2v) is 3.71. The fraction of sp³-hybridized carbons (Fsp3) is 0.0909. The third kappa shape index (κ3) is 2.41. The quantitative estimate of drug-likeness (QED) is 0.870. The monoisotopic (exact) mass is 235 g/mol. The van der Waals surface area contributed by atoms with Crippen molar-refractivity contribution in [3.05, 3.63) is 41.0 Å². The van der Waals surface area contributed by atoms with Gasteiger partial charge < -0.3 is 10.5 Å². The highest BCUT2D eigenvalue weighted by Crippen LogP contribution is 2.25. The van der Waals surface area contributed by atoms with Gasteiger partial charge in [0.2, 0.25) is 0 Å². The summed E-state index contributed by atoms with van der Waals surface area (Å²) in [7, 11) is 0. The van der Waals surface area contributed by atoms with Crippen LogP contribution in [0.2, 0.25) is 5.02 Å². The number of nitrogens with zero attached hydrogens (tertiary/aromatic N) is 2. The summed E-state index contributed by atoms with van der Waals surface area (Å²) < 4.78 is 5.48. The average Bonchev–Trinajstić information content (AvgIpc) is 2.22. The largest absolute Gasteiger partial charge is 0.424 e. The number of aryl methyl sites for hydroxylation is 1. The molecule has 1 heterocycles. The Bertz CT molecular complexity index is 516. The van der Waals surface area contributed by atoms with Crippen molar-refractivity contribution in [3.8, 4) is 11.8 Å². The van der Waals surface area contributed by atoms with E-state index in [1.165, 1.54) is 0 Å². The number of anilines is 1. The fourth-order valence-corrected chi connectivity index (χ4v) is 1.46. The molecule has 2 N–H and O–H groups in total. The van der Waals surface area contributed by atoms with Gasteiger partial charge in [0.25, 0.3) is 0 Å². The molecular formula is C11H10ClN3O. The van der Waals surface area contributed by atoms with Gasteiger partial charge in [-0.25, -0.2) is 4.98 Å². The third-order valence-electron chi connectivity index (χ3n) is 1.99. The molecule has 0 spiro atoms. The molecule has 0 aliphatic rings. The number of aromatic nitrogens is 2. The first-order chi connectivity index (χ1) is 7.65. The van der Waals surface area contributed by atoms with Gasteiger partial charge in [0.05, 0.1) is 0 Å². The van der Waals surface area contributed by atoms with Crippen LogP contribution in [0.25, 0.3) is 0 Å². The van der Waals surface area contributed by atoms with E-state index in [4.69, 9.17) is 22.1 Å². The first-order valence-electron chi connectivity index (χ1n) is 4.67. The van der Waals surface area contributed by atoms with Gasteiger partial charge in [-0.1, -0.05) is 11.6 Å². The van der Waals surface area contributed by atoms with Crippen LogP contribution in [0.1, 0.15) is 5.56 Å². The van der Waals surface area contributed by atoms with E-state index in [0.29, 0.717) is 16.6 Å². The van der Waals surface area contributed by atoms with E-state index >= 15 is 0 Å². The molecule has 82 valence electrons. The molecule has 4 nitrogen and oxygen atoms in total. The molecule has 2 aromatic rings. The summed E-state index contributed by atoms with van der Waals surface area (Å²) >= 11 is 5.84. The zero-order chi connectivity index (χ0) is 11.5. The number of ether oxygens (including phenoxy) is 1. The lowest BCUT2D eigenvalue weighted by molar-refractivity contribution is 0.439. The van der Waals surface area contributed by atoms with Gasteiger partial charge >= 0.3 is 6.01 Å². The Morgan fingerprint density at radius 2 is 2.12 bits per heavy atom. The highest BCUT2D eigenvalue weighted by Gasteiger charge is 2.04.